The number of fused-ring (bicyclic) bond motifs is 4. The zero-order valence-electron chi connectivity index (χ0n) is 47.6. The van der Waals surface area contributed by atoms with E-state index < -0.39 is 10.8 Å². The van der Waals surface area contributed by atoms with Crippen LogP contribution in [0.5, 0.6) is 0 Å². The molecule has 0 saturated carbocycles. The quantitative estimate of drug-likeness (QED) is 0.128. The lowest BCUT2D eigenvalue weighted by Gasteiger charge is -2.39. The average molecular weight is 1030 g/mol. The molecule has 1 aliphatic rings. The molecule has 4 heteroatoms. The molecule has 4 nitrogen and oxygen atoms in total. The van der Waals surface area contributed by atoms with E-state index in [1.165, 1.54) is 83.5 Å². The fourth-order valence-electron chi connectivity index (χ4n) is 12.4. The Morgan fingerprint density at radius 2 is 0.734 bits per heavy atom. The van der Waals surface area contributed by atoms with Crippen LogP contribution in [0.4, 0.5) is 22.7 Å². The third-order valence-corrected chi connectivity index (χ3v) is 17.0. The van der Waals surface area contributed by atoms with Gasteiger partial charge in [-0.1, -0.05) is 238 Å². The summed E-state index contributed by atoms with van der Waals surface area (Å²) in [7, 11) is 0. The van der Waals surface area contributed by atoms with Crippen LogP contribution in [-0.4, -0.2) is 16.2 Å². The molecule has 0 saturated heterocycles. The highest BCUT2D eigenvalue weighted by atomic mass is 15.4. The van der Waals surface area contributed by atoms with Gasteiger partial charge in [0.1, 0.15) is 12.5 Å². The Morgan fingerprint density at radius 1 is 0.316 bits per heavy atom. The highest BCUT2D eigenvalue weighted by Crippen LogP contribution is 2.52. The predicted molar refractivity (Wildman–Crippen MR) is 333 cm³/mol. The monoisotopic (exact) mass is 1030 g/mol. The number of benzene rings is 9. The average Bonchev–Trinajstić information content (AvgIpc) is 3.99. The zero-order valence-corrected chi connectivity index (χ0v) is 47.6. The van der Waals surface area contributed by atoms with Gasteiger partial charge in [0.2, 0.25) is 0 Å². The van der Waals surface area contributed by atoms with Gasteiger partial charge in [-0.15, -0.1) is 0 Å². The lowest BCUT2D eigenvalue weighted by atomic mass is 9.64. The second-order valence-electron chi connectivity index (χ2n) is 25.1. The smallest absolute Gasteiger partial charge is 0.137 e. The van der Waals surface area contributed by atoms with Crippen LogP contribution in [0.15, 0.2) is 243 Å². The van der Waals surface area contributed by atoms with Crippen LogP contribution >= 0.6 is 0 Å². The molecule has 79 heavy (non-hydrogen) atoms. The molecule has 392 valence electrons. The molecule has 3 heterocycles. The van der Waals surface area contributed by atoms with E-state index >= 15 is 0 Å². The van der Waals surface area contributed by atoms with Crippen molar-refractivity contribution >= 4 is 44.6 Å². The van der Waals surface area contributed by atoms with Crippen molar-refractivity contribution in [3.05, 3.63) is 298 Å². The van der Waals surface area contributed by atoms with E-state index in [1.807, 2.05) is 6.20 Å². The molecule has 0 amide bonds. The normalized spacial score (nSPS) is 13.3. The van der Waals surface area contributed by atoms with Crippen LogP contribution < -0.4 is 9.80 Å². The molecule has 2 aromatic heterocycles. The Balaban J connectivity index is 1.10. The van der Waals surface area contributed by atoms with Crippen molar-refractivity contribution in [1.29, 1.82) is 0 Å². The summed E-state index contributed by atoms with van der Waals surface area (Å²) in [5.74, 6) is 0.876. The number of hydrogen-bond acceptors (Lipinski definition) is 3. The summed E-state index contributed by atoms with van der Waals surface area (Å²) in [6.07, 6.45) is 2.00. The minimum Gasteiger partial charge on any atom is -0.321 e. The Kier molecular flexibility index (Phi) is 12.6. The first-order valence-corrected chi connectivity index (χ1v) is 28.1. The third kappa shape index (κ3) is 8.92. The number of anilines is 4. The van der Waals surface area contributed by atoms with Gasteiger partial charge < -0.3 is 9.80 Å². The predicted octanol–water partition coefficient (Wildman–Crippen LogP) is 19.1. The summed E-state index contributed by atoms with van der Waals surface area (Å²) in [6, 6.07) is 88.5. The van der Waals surface area contributed by atoms with Crippen LogP contribution in [0.3, 0.4) is 0 Å². The summed E-state index contributed by atoms with van der Waals surface area (Å²) in [5.41, 5.74) is 17.9. The standard InChI is InChI=1S/C75H72N4/c1-71(2,3)58-43-59(72(4,5)6)46-62(45-58)77-51-78(68-38-26-25-37-67(68)77)63-47-60(73(7,8)9)44-61(48-63)75(54-31-19-13-20-32-54,55-33-21-14-22-34-55)57-39-40-65-64-35-23-24-36-66(64)79(69(65)49-57)70-50-56(41-42-76-70)74(10,52-27-15-11-16-28-52)53-29-17-12-18-30-53/h11-50H,51H2,1-10H3. The Bertz CT molecular complexity index is 3890. The van der Waals surface area contributed by atoms with Crippen molar-refractivity contribution in [3.8, 4) is 5.82 Å². The maximum Gasteiger partial charge on any atom is 0.137 e. The van der Waals surface area contributed by atoms with Crippen molar-refractivity contribution in [2.45, 2.75) is 96.3 Å². The van der Waals surface area contributed by atoms with E-state index in [4.69, 9.17) is 4.98 Å². The van der Waals surface area contributed by atoms with E-state index in [2.05, 4.69) is 320 Å². The molecule has 0 N–H and O–H groups in total. The fourth-order valence-corrected chi connectivity index (χ4v) is 12.4. The summed E-state index contributed by atoms with van der Waals surface area (Å²) in [5, 5.41) is 2.37. The number of hydrogen-bond donors (Lipinski definition) is 0. The molecule has 11 aromatic rings. The second kappa shape index (κ2) is 19.5. The van der Waals surface area contributed by atoms with Crippen LogP contribution in [0.25, 0.3) is 27.6 Å². The van der Waals surface area contributed by atoms with Gasteiger partial charge >= 0.3 is 0 Å². The van der Waals surface area contributed by atoms with E-state index in [0.29, 0.717) is 6.67 Å². The Hall–Kier alpha value is -8.47. The minimum atomic E-state index is -0.774. The first-order chi connectivity index (χ1) is 37.9. The van der Waals surface area contributed by atoms with Gasteiger partial charge in [-0.2, -0.15) is 0 Å². The molecular formula is C75H72N4. The lowest BCUT2D eigenvalue weighted by Crippen LogP contribution is -2.32. The number of aromatic nitrogens is 2. The fraction of sp³-hybridized carbons (Fsp3) is 0.213. The third-order valence-electron chi connectivity index (χ3n) is 17.0. The molecule has 0 unspecified atom stereocenters. The molecular weight excluding hydrogens is 957 g/mol. The van der Waals surface area contributed by atoms with Gasteiger partial charge in [0.25, 0.3) is 0 Å². The second-order valence-corrected chi connectivity index (χ2v) is 25.1. The maximum atomic E-state index is 5.28. The van der Waals surface area contributed by atoms with Gasteiger partial charge in [-0.3, -0.25) is 4.57 Å². The Labute approximate surface area is 468 Å². The first kappa shape index (κ1) is 51.3. The largest absolute Gasteiger partial charge is 0.321 e. The van der Waals surface area contributed by atoms with E-state index in [-0.39, 0.29) is 16.2 Å². The van der Waals surface area contributed by atoms with Crippen molar-refractivity contribution in [2.75, 3.05) is 16.5 Å². The molecule has 1 aliphatic heterocycles. The van der Waals surface area contributed by atoms with Crippen molar-refractivity contribution in [3.63, 3.8) is 0 Å². The van der Waals surface area contributed by atoms with Crippen LogP contribution in [0, 0.1) is 0 Å². The topological polar surface area (TPSA) is 24.3 Å². The van der Waals surface area contributed by atoms with Gasteiger partial charge in [-0.25, -0.2) is 4.98 Å². The summed E-state index contributed by atoms with van der Waals surface area (Å²) >= 11 is 0. The Morgan fingerprint density at radius 3 is 1.23 bits per heavy atom. The molecule has 0 aliphatic carbocycles. The van der Waals surface area contributed by atoms with Crippen molar-refractivity contribution in [2.24, 2.45) is 0 Å². The molecule has 0 bridgehead atoms. The van der Waals surface area contributed by atoms with E-state index in [9.17, 15) is 0 Å². The molecule has 0 fully saturated rings. The maximum absolute atomic E-state index is 5.28. The summed E-state index contributed by atoms with van der Waals surface area (Å²) in [4.78, 5) is 10.4. The van der Waals surface area contributed by atoms with Gasteiger partial charge in [0.05, 0.1) is 27.8 Å². The van der Waals surface area contributed by atoms with Gasteiger partial charge in [0, 0.05) is 33.8 Å². The first-order valence-electron chi connectivity index (χ1n) is 28.1. The van der Waals surface area contributed by atoms with Crippen LogP contribution in [0.1, 0.15) is 125 Å². The molecule has 0 atom stereocenters. The number of pyridine rings is 1. The summed E-state index contributed by atoms with van der Waals surface area (Å²) < 4.78 is 2.40. The lowest BCUT2D eigenvalue weighted by molar-refractivity contribution is 0.568. The van der Waals surface area contributed by atoms with E-state index in [1.54, 1.807) is 0 Å². The van der Waals surface area contributed by atoms with Crippen LogP contribution in [-0.2, 0) is 27.1 Å². The minimum absolute atomic E-state index is 0.0207. The molecule has 0 spiro atoms. The zero-order chi connectivity index (χ0) is 54.9. The highest BCUT2D eigenvalue weighted by molar-refractivity contribution is 6.09. The highest BCUT2D eigenvalue weighted by Gasteiger charge is 2.41. The molecule has 9 aromatic carbocycles. The molecule has 12 rings (SSSR count). The number of rotatable bonds is 10. The van der Waals surface area contributed by atoms with Crippen molar-refractivity contribution in [1.82, 2.24) is 9.55 Å². The number of nitrogens with zero attached hydrogens (tertiary/aromatic N) is 4. The number of para-hydroxylation sites is 3. The summed E-state index contributed by atoms with van der Waals surface area (Å²) in [6.45, 7) is 24.0. The van der Waals surface area contributed by atoms with E-state index in [0.717, 1.165) is 22.5 Å². The SMILES string of the molecule is CC(C)(C)c1cc(N2CN(c3cc(C(C)(C)C)cc(C(c4ccccc4)(c4ccccc4)c4ccc5c6ccccc6n(-c6cc(C(C)(c7ccccc7)c7ccccc7)ccn6)c5c4)c3)c3ccccc32)cc(C(C)(C)C)c1. The van der Waals surface area contributed by atoms with Gasteiger partial charge in [-0.05, 0) is 139 Å². The van der Waals surface area contributed by atoms with Crippen molar-refractivity contribution < 1.29 is 0 Å². The van der Waals surface area contributed by atoms with Gasteiger partial charge in [0.15, 0.2) is 0 Å². The van der Waals surface area contributed by atoms with Crippen LogP contribution in [0.2, 0.25) is 0 Å². The molecule has 0 radical (unpaired) electrons.